The Balaban J connectivity index is 1.84. The molecule has 2 aromatic rings. The van der Waals surface area contributed by atoms with Gasteiger partial charge in [-0.15, -0.1) is 10.2 Å². The largest absolute Gasteiger partial charge is 0.421 e. The Hall–Kier alpha value is -2.21. The van der Waals surface area contributed by atoms with Gasteiger partial charge in [0.2, 0.25) is 17.7 Å². The molecule has 1 amide bonds. The van der Waals surface area contributed by atoms with Crippen LogP contribution >= 0.6 is 0 Å². The van der Waals surface area contributed by atoms with Crippen LogP contribution in [0.2, 0.25) is 0 Å². The van der Waals surface area contributed by atoms with Gasteiger partial charge in [-0.2, -0.15) is 0 Å². The van der Waals surface area contributed by atoms with E-state index >= 15 is 0 Å². The Morgan fingerprint density at radius 1 is 1.40 bits per heavy atom. The third-order valence-electron chi connectivity index (χ3n) is 3.32. The summed E-state index contributed by atoms with van der Waals surface area (Å²) in [7, 11) is 0. The highest BCUT2D eigenvalue weighted by molar-refractivity contribution is 5.97. The van der Waals surface area contributed by atoms with Crippen LogP contribution in [0.25, 0.3) is 11.5 Å². The molecule has 20 heavy (non-hydrogen) atoms. The van der Waals surface area contributed by atoms with E-state index in [1.165, 1.54) is 0 Å². The van der Waals surface area contributed by atoms with Crippen molar-refractivity contribution in [2.45, 2.75) is 25.8 Å². The number of hydrogen-bond donors (Lipinski definition) is 2. The lowest BCUT2D eigenvalue weighted by Gasteiger charge is -2.12. The quantitative estimate of drug-likeness (QED) is 0.889. The van der Waals surface area contributed by atoms with E-state index < -0.39 is 0 Å². The average Bonchev–Trinajstić information content (AvgIpc) is 3.10. The molecule has 1 atom stereocenters. The molecule has 1 saturated heterocycles. The van der Waals surface area contributed by atoms with E-state index in [-0.39, 0.29) is 11.9 Å². The van der Waals surface area contributed by atoms with Crippen LogP contribution in [-0.2, 0) is 4.79 Å². The number of para-hydroxylation sites is 1. The predicted octanol–water partition coefficient (Wildman–Crippen LogP) is 1.74. The molecule has 0 radical (unpaired) electrons. The van der Waals surface area contributed by atoms with E-state index in [1.807, 2.05) is 24.3 Å². The number of benzene rings is 1. The number of anilines is 1. The number of carbonyl (C=O) groups excluding carboxylic acids is 1. The van der Waals surface area contributed by atoms with Crippen LogP contribution in [0.4, 0.5) is 5.69 Å². The molecule has 3 rings (SSSR count). The van der Waals surface area contributed by atoms with Crippen molar-refractivity contribution in [3.63, 3.8) is 0 Å². The first kappa shape index (κ1) is 12.8. The number of amides is 1. The Morgan fingerprint density at radius 2 is 2.25 bits per heavy atom. The van der Waals surface area contributed by atoms with Gasteiger partial charge in [-0.25, -0.2) is 0 Å². The summed E-state index contributed by atoms with van der Waals surface area (Å²) in [5.41, 5.74) is 1.43. The van der Waals surface area contributed by atoms with Gasteiger partial charge in [-0.1, -0.05) is 12.1 Å². The summed E-state index contributed by atoms with van der Waals surface area (Å²) in [6.45, 7) is 2.63. The van der Waals surface area contributed by atoms with E-state index in [2.05, 4.69) is 20.8 Å². The van der Waals surface area contributed by atoms with Gasteiger partial charge in [0, 0.05) is 6.92 Å². The van der Waals surface area contributed by atoms with Gasteiger partial charge in [0.15, 0.2) is 0 Å². The minimum Gasteiger partial charge on any atom is -0.421 e. The zero-order chi connectivity index (χ0) is 13.9. The number of hydrogen-bond acceptors (Lipinski definition) is 5. The first-order chi connectivity index (χ1) is 9.74. The smallest absolute Gasteiger partial charge is 0.249 e. The van der Waals surface area contributed by atoms with Crippen molar-refractivity contribution in [3.8, 4) is 11.5 Å². The van der Waals surface area contributed by atoms with Crippen LogP contribution in [0.5, 0.6) is 0 Å². The molecule has 2 N–H and O–H groups in total. The number of rotatable bonds is 3. The molecule has 6 nitrogen and oxygen atoms in total. The fraction of sp³-hybridized carbons (Fsp3) is 0.357. The molecule has 6 heteroatoms. The van der Waals surface area contributed by atoms with Gasteiger partial charge in [0.25, 0.3) is 0 Å². The number of aromatic nitrogens is 2. The highest BCUT2D eigenvalue weighted by Gasteiger charge is 2.23. The SMILES string of the molecule is Cc1nnc(-c2ccccc2NC(=O)C2CCCN2)o1. The van der Waals surface area contributed by atoms with Crippen LogP contribution in [0, 0.1) is 6.92 Å². The van der Waals surface area contributed by atoms with Crippen LogP contribution < -0.4 is 10.6 Å². The Labute approximate surface area is 116 Å². The molecule has 0 spiro atoms. The average molecular weight is 272 g/mol. The van der Waals surface area contributed by atoms with Crippen molar-refractivity contribution in [2.24, 2.45) is 0 Å². The van der Waals surface area contributed by atoms with Crippen molar-refractivity contribution in [3.05, 3.63) is 30.2 Å². The fourth-order valence-electron chi connectivity index (χ4n) is 2.31. The number of nitrogens with one attached hydrogen (secondary N) is 2. The van der Waals surface area contributed by atoms with Gasteiger partial charge in [0.05, 0.1) is 17.3 Å². The van der Waals surface area contributed by atoms with E-state index in [4.69, 9.17) is 4.42 Å². The molecule has 0 aliphatic carbocycles. The Bertz CT molecular complexity index is 617. The molecule has 1 fully saturated rings. The fourth-order valence-corrected chi connectivity index (χ4v) is 2.31. The van der Waals surface area contributed by atoms with Crippen LogP contribution in [-0.4, -0.2) is 28.7 Å². The van der Waals surface area contributed by atoms with Crippen molar-refractivity contribution in [1.82, 2.24) is 15.5 Å². The van der Waals surface area contributed by atoms with Crippen LogP contribution in [0.1, 0.15) is 18.7 Å². The normalized spacial score (nSPS) is 18.1. The summed E-state index contributed by atoms with van der Waals surface area (Å²) >= 11 is 0. The van der Waals surface area contributed by atoms with Crippen molar-refractivity contribution in [2.75, 3.05) is 11.9 Å². The number of nitrogens with zero attached hydrogens (tertiary/aromatic N) is 2. The monoisotopic (exact) mass is 272 g/mol. The van der Waals surface area contributed by atoms with Gasteiger partial charge in [-0.3, -0.25) is 4.79 Å². The van der Waals surface area contributed by atoms with Crippen molar-refractivity contribution in [1.29, 1.82) is 0 Å². The van der Waals surface area contributed by atoms with Gasteiger partial charge >= 0.3 is 0 Å². The molecule has 1 aliphatic heterocycles. The summed E-state index contributed by atoms with van der Waals surface area (Å²) in [6.07, 6.45) is 1.90. The second kappa shape index (κ2) is 5.42. The summed E-state index contributed by atoms with van der Waals surface area (Å²) in [5.74, 6) is 0.891. The molecular formula is C14H16N4O2. The van der Waals surface area contributed by atoms with Crippen molar-refractivity contribution < 1.29 is 9.21 Å². The third kappa shape index (κ3) is 2.55. The second-order valence-electron chi connectivity index (χ2n) is 4.81. The minimum atomic E-state index is -0.118. The molecule has 1 aromatic carbocycles. The van der Waals surface area contributed by atoms with E-state index in [0.717, 1.165) is 24.9 Å². The third-order valence-corrected chi connectivity index (χ3v) is 3.32. The lowest BCUT2D eigenvalue weighted by Crippen LogP contribution is -2.35. The lowest BCUT2D eigenvalue weighted by molar-refractivity contribution is -0.117. The van der Waals surface area contributed by atoms with E-state index in [9.17, 15) is 4.79 Å². The second-order valence-corrected chi connectivity index (χ2v) is 4.81. The number of aryl methyl sites for hydroxylation is 1. The highest BCUT2D eigenvalue weighted by Crippen LogP contribution is 2.27. The molecule has 104 valence electrons. The van der Waals surface area contributed by atoms with Crippen molar-refractivity contribution >= 4 is 11.6 Å². The zero-order valence-electron chi connectivity index (χ0n) is 11.2. The summed E-state index contributed by atoms with van der Waals surface area (Å²) in [4.78, 5) is 12.2. The molecular weight excluding hydrogens is 256 g/mol. The maximum atomic E-state index is 12.2. The Kier molecular flexibility index (Phi) is 3.47. The van der Waals surface area contributed by atoms with E-state index in [0.29, 0.717) is 17.5 Å². The van der Waals surface area contributed by atoms with Crippen LogP contribution in [0.3, 0.4) is 0 Å². The molecule has 1 aromatic heterocycles. The molecule has 1 aliphatic rings. The van der Waals surface area contributed by atoms with E-state index in [1.54, 1.807) is 6.92 Å². The molecule has 0 saturated carbocycles. The predicted molar refractivity (Wildman–Crippen MR) is 74.1 cm³/mol. The summed E-state index contributed by atoms with van der Waals surface area (Å²) < 4.78 is 5.43. The molecule has 0 bridgehead atoms. The maximum Gasteiger partial charge on any atom is 0.249 e. The van der Waals surface area contributed by atoms with Gasteiger partial charge in [0.1, 0.15) is 0 Å². The zero-order valence-corrected chi connectivity index (χ0v) is 11.2. The molecule has 1 unspecified atom stereocenters. The standard InChI is InChI=1S/C14H16N4O2/c1-9-17-18-14(20-9)10-5-2-3-6-11(10)16-13(19)12-7-4-8-15-12/h2-3,5-6,12,15H,4,7-8H2,1H3,(H,16,19). The Morgan fingerprint density at radius 3 is 2.95 bits per heavy atom. The maximum absolute atomic E-state index is 12.2. The topological polar surface area (TPSA) is 80.0 Å². The minimum absolute atomic E-state index is 0.0220. The van der Waals surface area contributed by atoms with Crippen LogP contribution in [0.15, 0.2) is 28.7 Å². The highest BCUT2D eigenvalue weighted by atomic mass is 16.4. The summed E-state index contributed by atoms with van der Waals surface area (Å²) in [6, 6.07) is 7.31. The first-order valence-corrected chi connectivity index (χ1v) is 6.68. The summed E-state index contributed by atoms with van der Waals surface area (Å²) in [5, 5.41) is 13.9. The van der Waals surface area contributed by atoms with Gasteiger partial charge in [-0.05, 0) is 31.5 Å². The molecule has 2 heterocycles. The first-order valence-electron chi connectivity index (χ1n) is 6.68. The lowest BCUT2D eigenvalue weighted by atomic mass is 10.1. The van der Waals surface area contributed by atoms with Gasteiger partial charge < -0.3 is 15.1 Å². The number of carbonyl (C=O) groups is 1.